The van der Waals surface area contributed by atoms with Gasteiger partial charge in [-0.1, -0.05) is 12.1 Å². The number of nitrogens with two attached hydrogens (primary N) is 1. The summed E-state index contributed by atoms with van der Waals surface area (Å²) in [6.07, 6.45) is 2.54. The first-order valence-corrected chi connectivity index (χ1v) is 10.7. The van der Waals surface area contributed by atoms with Crippen molar-refractivity contribution in [1.29, 1.82) is 0 Å². The molecule has 1 heterocycles. The highest BCUT2D eigenvalue weighted by Gasteiger charge is 2.27. The summed E-state index contributed by atoms with van der Waals surface area (Å²) in [6.45, 7) is 4.88. The van der Waals surface area contributed by atoms with Crippen LogP contribution in [0.3, 0.4) is 0 Å². The Bertz CT molecular complexity index is 933. The number of hydrogen-bond acceptors (Lipinski definition) is 8. The third kappa shape index (κ3) is 8.66. The predicted molar refractivity (Wildman–Crippen MR) is 121 cm³/mol. The SMILES string of the molecule is CC(C)(C)OC(=O)[C@H](Cc1ccc(OCC(=O)NCCN2C(=O)C=CC2=O)cc1)NC(=O)CN. The molecule has 0 bridgehead atoms. The molecule has 0 radical (unpaired) electrons. The zero-order chi connectivity index (χ0) is 25.3. The Hall–Kier alpha value is -3.73. The van der Waals surface area contributed by atoms with Crippen molar-refractivity contribution in [2.75, 3.05) is 26.2 Å². The van der Waals surface area contributed by atoms with Crippen LogP contribution in [0.5, 0.6) is 5.75 Å². The summed E-state index contributed by atoms with van der Waals surface area (Å²) in [5.41, 5.74) is 5.37. The lowest BCUT2D eigenvalue weighted by Crippen LogP contribution is -2.47. The van der Waals surface area contributed by atoms with Gasteiger partial charge in [0.05, 0.1) is 6.54 Å². The van der Waals surface area contributed by atoms with Crippen LogP contribution in [-0.4, -0.2) is 72.4 Å². The van der Waals surface area contributed by atoms with Gasteiger partial charge in [-0.15, -0.1) is 0 Å². The van der Waals surface area contributed by atoms with Crippen LogP contribution in [0.25, 0.3) is 0 Å². The van der Waals surface area contributed by atoms with E-state index in [1.165, 1.54) is 12.2 Å². The molecule has 0 unspecified atom stereocenters. The van der Waals surface area contributed by atoms with E-state index in [1.54, 1.807) is 45.0 Å². The number of hydrogen-bond donors (Lipinski definition) is 3. The van der Waals surface area contributed by atoms with Crippen LogP contribution in [-0.2, 0) is 35.1 Å². The Morgan fingerprint density at radius 2 is 1.65 bits per heavy atom. The van der Waals surface area contributed by atoms with Gasteiger partial charge in [-0.3, -0.25) is 24.1 Å². The summed E-state index contributed by atoms with van der Waals surface area (Å²) >= 11 is 0. The van der Waals surface area contributed by atoms with E-state index in [0.717, 1.165) is 10.5 Å². The highest BCUT2D eigenvalue weighted by molar-refractivity contribution is 6.12. The first kappa shape index (κ1) is 26.5. The number of rotatable bonds is 11. The van der Waals surface area contributed by atoms with Crippen molar-refractivity contribution in [3.8, 4) is 5.75 Å². The van der Waals surface area contributed by atoms with E-state index in [0.29, 0.717) is 5.75 Å². The van der Waals surface area contributed by atoms with E-state index in [4.69, 9.17) is 15.2 Å². The van der Waals surface area contributed by atoms with Crippen LogP contribution in [0.4, 0.5) is 0 Å². The minimum absolute atomic E-state index is 0.0740. The lowest BCUT2D eigenvalue weighted by molar-refractivity contribution is -0.158. The fourth-order valence-electron chi connectivity index (χ4n) is 2.94. The van der Waals surface area contributed by atoms with Gasteiger partial charge in [0.2, 0.25) is 5.91 Å². The van der Waals surface area contributed by atoms with E-state index in [-0.39, 0.29) is 32.7 Å². The summed E-state index contributed by atoms with van der Waals surface area (Å²) in [5.74, 6) is -1.85. The van der Waals surface area contributed by atoms with Gasteiger partial charge in [0.1, 0.15) is 17.4 Å². The molecule has 1 aliphatic rings. The zero-order valence-corrected chi connectivity index (χ0v) is 19.5. The average molecular weight is 475 g/mol. The molecular weight excluding hydrogens is 444 g/mol. The van der Waals surface area contributed by atoms with Gasteiger partial charge in [-0.05, 0) is 38.5 Å². The van der Waals surface area contributed by atoms with Crippen LogP contribution >= 0.6 is 0 Å². The number of nitrogens with one attached hydrogen (secondary N) is 2. The summed E-state index contributed by atoms with van der Waals surface area (Å²) in [7, 11) is 0. The maximum absolute atomic E-state index is 12.5. The molecule has 0 aliphatic carbocycles. The standard InChI is InChI=1S/C23H30N4O7/c1-23(2,3)34-22(32)17(26-18(28)13-24)12-15-4-6-16(7-5-15)33-14-19(29)25-10-11-27-20(30)8-9-21(27)31/h4-9,17H,10-14,24H2,1-3H3,(H,25,29)(H,26,28)/t17-/m0/s1. The van der Waals surface area contributed by atoms with Crippen LogP contribution in [0.2, 0.25) is 0 Å². The second kappa shape index (κ2) is 11.9. The third-order valence-corrected chi connectivity index (χ3v) is 4.50. The minimum atomic E-state index is -0.905. The maximum atomic E-state index is 12.5. The third-order valence-electron chi connectivity index (χ3n) is 4.50. The van der Waals surface area contributed by atoms with Crippen molar-refractivity contribution in [2.24, 2.45) is 5.73 Å². The number of nitrogens with zero attached hydrogens (tertiary/aromatic N) is 1. The minimum Gasteiger partial charge on any atom is -0.484 e. The molecule has 2 rings (SSSR count). The van der Waals surface area contributed by atoms with E-state index in [1.807, 2.05) is 0 Å². The molecule has 4 N–H and O–H groups in total. The molecule has 1 aromatic carbocycles. The summed E-state index contributed by atoms with van der Waals surface area (Å²) in [6, 6.07) is 5.77. The summed E-state index contributed by atoms with van der Waals surface area (Å²) < 4.78 is 10.8. The Kier molecular flexibility index (Phi) is 9.31. The number of benzene rings is 1. The smallest absolute Gasteiger partial charge is 0.329 e. The first-order valence-electron chi connectivity index (χ1n) is 10.7. The number of carbonyl (C=O) groups is 5. The lowest BCUT2D eigenvalue weighted by atomic mass is 10.1. The van der Waals surface area contributed by atoms with Crippen LogP contribution in [0.1, 0.15) is 26.3 Å². The molecule has 1 atom stereocenters. The van der Waals surface area contributed by atoms with Crippen LogP contribution in [0, 0.1) is 0 Å². The van der Waals surface area contributed by atoms with Gasteiger partial charge in [0.25, 0.3) is 17.7 Å². The molecule has 1 aliphatic heterocycles. The molecule has 1 aromatic rings. The number of amides is 4. The highest BCUT2D eigenvalue weighted by Crippen LogP contribution is 2.15. The Balaban J connectivity index is 1.83. The maximum Gasteiger partial charge on any atom is 0.329 e. The number of ether oxygens (including phenoxy) is 2. The second-order valence-corrected chi connectivity index (χ2v) is 8.51. The van der Waals surface area contributed by atoms with Gasteiger partial charge in [-0.25, -0.2) is 4.79 Å². The number of esters is 1. The molecular formula is C23H30N4O7. The van der Waals surface area contributed by atoms with Crippen molar-refractivity contribution in [3.63, 3.8) is 0 Å². The quantitative estimate of drug-likeness (QED) is 0.284. The molecule has 0 saturated carbocycles. The van der Waals surface area contributed by atoms with Gasteiger partial charge in [-0.2, -0.15) is 0 Å². The van der Waals surface area contributed by atoms with Crippen molar-refractivity contribution in [1.82, 2.24) is 15.5 Å². The summed E-state index contributed by atoms with van der Waals surface area (Å²) in [5, 5.41) is 5.14. The second-order valence-electron chi connectivity index (χ2n) is 8.51. The predicted octanol–water partition coefficient (Wildman–Crippen LogP) is -0.566. The largest absolute Gasteiger partial charge is 0.484 e. The highest BCUT2D eigenvalue weighted by atomic mass is 16.6. The molecule has 11 nitrogen and oxygen atoms in total. The molecule has 0 saturated heterocycles. The van der Waals surface area contributed by atoms with Crippen molar-refractivity contribution in [2.45, 2.75) is 38.8 Å². The molecule has 4 amide bonds. The molecule has 34 heavy (non-hydrogen) atoms. The van der Waals surface area contributed by atoms with Crippen molar-refractivity contribution >= 4 is 29.6 Å². The average Bonchev–Trinajstić information content (AvgIpc) is 3.09. The van der Waals surface area contributed by atoms with Crippen molar-refractivity contribution < 1.29 is 33.4 Å². The van der Waals surface area contributed by atoms with E-state index >= 15 is 0 Å². The van der Waals surface area contributed by atoms with E-state index < -0.39 is 41.2 Å². The molecule has 184 valence electrons. The molecule has 0 spiro atoms. The first-order chi connectivity index (χ1) is 16.0. The Morgan fingerprint density at radius 1 is 1.03 bits per heavy atom. The normalized spacial score (nSPS) is 14.1. The fraction of sp³-hybridized carbons (Fsp3) is 0.435. The Morgan fingerprint density at radius 3 is 2.21 bits per heavy atom. The van der Waals surface area contributed by atoms with Gasteiger partial charge < -0.3 is 25.8 Å². The van der Waals surface area contributed by atoms with Gasteiger partial charge in [0.15, 0.2) is 6.61 Å². The summed E-state index contributed by atoms with van der Waals surface area (Å²) in [4.78, 5) is 60.1. The van der Waals surface area contributed by atoms with Crippen LogP contribution < -0.4 is 21.1 Å². The molecule has 0 fully saturated rings. The fourth-order valence-corrected chi connectivity index (χ4v) is 2.94. The van der Waals surface area contributed by atoms with E-state index in [2.05, 4.69) is 10.6 Å². The van der Waals surface area contributed by atoms with Crippen LogP contribution in [0.15, 0.2) is 36.4 Å². The Labute approximate surface area is 197 Å². The topological polar surface area (TPSA) is 157 Å². The number of imide groups is 1. The number of carbonyl (C=O) groups excluding carboxylic acids is 5. The monoisotopic (exact) mass is 474 g/mol. The zero-order valence-electron chi connectivity index (χ0n) is 19.5. The van der Waals surface area contributed by atoms with Gasteiger partial charge >= 0.3 is 5.97 Å². The lowest BCUT2D eigenvalue weighted by Gasteiger charge is -2.24. The molecule has 11 heteroatoms. The molecule has 0 aromatic heterocycles. The van der Waals surface area contributed by atoms with E-state index in [9.17, 15) is 24.0 Å². The van der Waals surface area contributed by atoms with Gasteiger partial charge in [0, 0.05) is 31.7 Å². The van der Waals surface area contributed by atoms with Crippen molar-refractivity contribution in [3.05, 3.63) is 42.0 Å².